The van der Waals surface area contributed by atoms with E-state index in [1.54, 1.807) is 12.1 Å². The second-order valence-electron chi connectivity index (χ2n) is 5.69. The van der Waals surface area contributed by atoms with Gasteiger partial charge in [0.05, 0.1) is 18.1 Å². The lowest BCUT2D eigenvalue weighted by atomic mass is 10.1. The van der Waals surface area contributed by atoms with E-state index in [4.69, 9.17) is 15.2 Å². The quantitative estimate of drug-likeness (QED) is 0.678. The molecular formula is C16H22N2O6S. The molecule has 0 radical (unpaired) electrons. The van der Waals surface area contributed by atoms with Gasteiger partial charge in [0, 0.05) is 19.5 Å². The summed E-state index contributed by atoms with van der Waals surface area (Å²) in [5, 5.41) is 0. The van der Waals surface area contributed by atoms with Crippen molar-refractivity contribution in [1.29, 1.82) is 0 Å². The third-order valence-corrected chi connectivity index (χ3v) is 5.77. The Hall–Kier alpha value is -1.97. The van der Waals surface area contributed by atoms with Crippen LogP contribution in [0, 0.1) is 0 Å². The summed E-state index contributed by atoms with van der Waals surface area (Å²) in [6.45, 7) is 2.87. The first-order valence-corrected chi connectivity index (χ1v) is 9.40. The molecule has 0 aliphatic carbocycles. The Morgan fingerprint density at radius 3 is 2.40 bits per heavy atom. The summed E-state index contributed by atoms with van der Waals surface area (Å²) in [7, 11) is -3.53. The molecule has 1 heterocycles. The van der Waals surface area contributed by atoms with Crippen molar-refractivity contribution in [3.05, 3.63) is 29.8 Å². The van der Waals surface area contributed by atoms with Crippen LogP contribution in [-0.4, -0.2) is 57.0 Å². The van der Waals surface area contributed by atoms with E-state index in [0.717, 1.165) is 5.56 Å². The minimum absolute atomic E-state index is 0.0766. The molecule has 1 aliphatic rings. The Labute approximate surface area is 146 Å². The maximum atomic E-state index is 12.5. The van der Waals surface area contributed by atoms with Crippen LogP contribution in [0.1, 0.15) is 18.9 Å². The van der Waals surface area contributed by atoms with Gasteiger partial charge in [-0.1, -0.05) is 12.1 Å². The maximum absolute atomic E-state index is 12.5. The van der Waals surface area contributed by atoms with E-state index in [2.05, 4.69) is 0 Å². The smallest absolute Gasteiger partial charge is 0.306 e. The van der Waals surface area contributed by atoms with E-state index in [0.29, 0.717) is 32.7 Å². The molecule has 1 aromatic carbocycles. The number of carbonyl (C=O) groups excluding carboxylic acids is 2. The first-order valence-electron chi connectivity index (χ1n) is 7.96. The van der Waals surface area contributed by atoms with Crippen LogP contribution in [0.3, 0.4) is 0 Å². The molecule has 1 aliphatic heterocycles. The number of hydrogen-bond donors (Lipinski definition) is 1. The van der Waals surface area contributed by atoms with Crippen molar-refractivity contribution < 1.29 is 27.5 Å². The molecule has 1 amide bonds. The summed E-state index contributed by atoms with van der Waals surface area (Å²) >= 11 is 0. The zero-order chi connectivity index (χ0) is 18.4. The highest BCUT2D eigenvalue weighted by atomic mass is 32.2. The SMILES string of the molecule is C[C@H](OC(=O)CCc1ccc(S(=O)(=O)N2CCOCC2)cc1)C(N)=O. The van der Waals surface area contributed by atoms with Crippen LogP contribution in [-0.2, 0) is 35.5 Å². The number of nitrogens with two attached hydrogens (primary N) is 1. The molecule has 9 heteroatoms. The van der Waals surface area contributed by atoms with Crippen molar-refractivity contribution in [2.75, 3.05) is 26.3 Å². The van der Waals surface area contributed by atoms with Gasteiger partial charge in [-0.15, -0.1) is 0 Å². The molecule has 0 saturated carbocycles. The highest BCUT2D eigenvalue weighted by Crippen LogP contribution is 2.18. The standard InChI is InChI=1S/C16H22N2O6S/c1-12(16(17)20)24-15(19)7-4-13-2-5-14(6-3-13)25(21,22)18-8-10-23-11-9-18/h2-3,5-6,12H,4,7-11H2,1H3,(H2,17,20)/t12-/m0/s1. The highest BCUT2D eigenvalue weighted by molar-refractivity contribution is 7.89. The molecule has 138 valence electrons. The lowest BCUT2D eigenvalue weighted by Crippen LogP contribution is -2.40. The van der Waals surface area contributed by atoms with Gasteiger partial charge in [-0.05, 0) is 31.0 Å². The predicted molar refractivity (Wildman–Crippen MR) is 89.1 cm³/mol. The summed E-state index contributed by atoms with van der Waals surface area (Å²) in [6.07, 6.45) is -0.511. The summed E-state index contributed by atoms with van der Waals surface area (Å²) in [5.41, 5.74) is 5.82. The third-order valence-electron chi connectivity index (χ3n) is 3.86. The van der Waals surface area contributed by atoms with Crippen LogP contribution in [0.15, 0.2) is 29.2 Å². The fraction of sp³-hybridized carbons (Fsp3) is 0.500. The molecule has 2 N–H and O–H groups in total. The minimum atomic E-state index is -3.53. The molecular weight excluding hydrogens is 348 g/mol. The minimum Gasteiger partial charge on any atom is -0.453 e. The summed E-state index contributed by atoms with van der Waals surface area (Å²) in [6, 6.07) is 6.38. The second kappa shape index (κ2) is 8.41. The number of amides is 1. The molecule has 25 heavy (non-hydrogen) atoms. The number of hydrogen-bond acceptors (Lipinski definition) is 6. The van der Waals surface area contributed by atoms with Crippen molar-refractivity contribution >= 4 is 21.9 Å². The van der Waals surface area contributed by atoms with Crippen LogP contribution < -0.4 is 5.73 Å². The largest absolute Gasteiger partial charge is 0.453 e. The van der Waals surface area contributed by atoms with Crippen LogP contribution in [0.2, 0.25) is 0 Å². The van der Waals surface area contributed by atoms with E-state index in [1.807, 2.05) is 0 Å². The Bertz CT molecular complexity index is 711. The van der Waals surface area contributed by atoms with Crippen LogP contribution in [0.25, 0.3) is 0 Å². The number of sulfonamides is 1. The van der Waals surface area contributed by atoms with Gasteiger partial charge in [-0.25, -0.2) is 8.42 Å². The Kier molecular flexibility index (Phi) is 6.51. The van der Waals surface area contributed by atoms with Crippen molar-refractivity contribution in [3.63, 3.8) is 0 Å². The second-order valence-corrected chi connectivity index (χ2v) is 7.63. The van der Waals surface area contributed by atoms with E-state index in [1.165, 1.54) is 23.4 Å². The lowest BCUT2D eigenvalue weighted by molar-refractivity contribution is -0.153. The Balaban J connectivity index is 1.93. The number of aryl methyl sites for hydroxylation is 1. The Morgan fingerprint density at radius 1 is 1.24 bits per heavy atom. The molecule has 8 nitrogen and oxygen atoms in total. The zero-order valence-corrected chi connectivity index (χ0v) is 14.8. The first-order chi connectivity index (χ1) is 11.8. The molecule has 2 rings (SSSR count). The first kappa shape index (κ1) is 19.4. The van der Waals surface area contributed by atoms with Crippen LogP contribution in [0.5, 0.6) is 0 Å². The number of nitrogens with zero attached hydrogens (tertiary/aromatic N) is 1. The van der Waals surface area contributed by atoms with Gasteiger partial charge in [0.2, 0.25) is 10.0 Å². The fourth-order valence-corrected chi connectivity index (χ4v) is 3.73. The van der Waals surface area contributed by atoms with Crippen LogP contribution in [0.4, 0.5) is 0 Å². The monoisotopic (exact) mass is 370 g/mol. The van der Waals surface area contributed by atoms with E-state index in [-0.39, 0.29) is 11.3 Å². The predicted octanol–water partition coefficient (Wildman–Crippen LogP) is 0.0571. The molecule has 1 saturated heterocycles. The van der Waals surface area contributed by atoms with E-state index < -0.39 is 28.0 Å². The van der Waals surface area contributed by atoms with E-state index >= 15 is 0 Å². The van der Waals surface area contributed by atoms with Crippen LogP contribution >= 0.6 is 0 Å². The molecule has 0 bridgehead atoms. The average Bonchev–Trinajstić information content (AvgIpc) is 2.61. The van der Waals surface area contributed by atoms with Gasteiger partial charge in [0.1, 0.15) is 0 Å². The highest BCUT2D eigenvalue weighted by Gasteiger charge is 2.26. The number of ether oxygens (including phenoxy) is 2. The molecule has 0 unspecified atom stereocenters. The van der Waals surface area contributed by atoms with Gasteiger partial charge in [-0.2, -0.15) is 4.31 Å². The topological polar surface area (TPSA) is 116 Å². The average molecular weight is 370 g/mol. The molecule has 1 atom stereocenters. The number of esters is 1. The third kappa shape index (κ3) is 5.25. The van der Waals surface area contributed by atoms with Gasteiger partial charge >= 0.3 is 5.97 Å². The summed E-state index contributed by atoms with van der Waals surface area (Å²) in [4.78, 5) is 22.7. The Morgan fingerprint density at radius 2 is 1.84 bits per heavy atom. The molecule has 1 fully saturated rings. The van der Waals surface area contributed by atoms with Gasteiger partial charge in [0.15, 0.2) is 6.10 Å². The zero-order valence-electron chi connectivity index (χ0n) is 14.0. The van der Waals surface area contributed by atoms with E-state index in [9.17, 15) is 18.0 Å². The molecule has 1 aromatic rings. The summed E-state index contributed by atoms with van der Waals surface area (Å²) < 4.78 is 36.4. The summed E-state index contributed by atoms with van der Waals surface area (Å²) in [5.74, 6) is -1.23. The number of rotatable bonds is 7. The van der Waals surface area contributed by atoms with Crippen molar-refractivity contribution in [3.8, 4) is 0 Å². The molecule has 0 aromatic heterocycles. The number of benzene rings is 1. The molecule has 0 spiro atoms. The fourth-order valence-electron chi connectivity index (χ4n) is 2.32. The van der Waals surface area contributed by atoms with Crippen molar-refractivity contribution in [2.24, 2.45) is 5.73 Å². The van der Waals surface area contributed by atoms with Crippen molar-refractivity contribution in [1.82, 2.24) is 4.31 Å². The number of primary amides is 1. The normalized spacial score (nSPS) is 17.0. The van der Waals surface area contributed by atoms with Gasteiger partial charge in [-0.3, -0.25) is 9.59 Å². The van der Waals surface area contributed by atoms with Crippen molar-refractivity contribution in [2.45, 2.75) is 30.8 Å². The number of morpholine rings is 1. The number of carbonyl (C=O) groups is 2. The lowest BCUT2D eigenvalue weighted by Gasteiger charge is -2.26. The maximum Gasteiger partial charge on any atom is 0.306 e. The van der Waals surface area contributed by atoms with Gasteiger partial charge in [0.25, 0.3) is 5.91 Å². The van der Waals surface area contributed by atoms with Gasteiger partial charge < -0.3 is 15.2 Å².